The van der Waals surface area contributed by atoms with Gasteiger partial charge in [-0.15, -0.1) is 0 Å². The van der Waals surface area contributed by atoms with Crippen LogP contribution in [0.15, 0.2) is 0 Å². The van der Waals surface area contributed by atoms with E-state index in [0.717, 1.165) is 0 Å². The van der Waals surface area contributed by atoms with Crippen molar-refractivity contribution in [2.45, 2.75) is 0 Å². The molecule has 0 aromatic heterocycles. The van der Waals surface area contributed by atoms with Crippen LogP contribution < -0.4 is 5.32 Å². The van der Waals surface area contributed by atoms with Gasteiger partial charge >= 0.3 is 26.6 Å². The summed E-state index contributed by atoms with van der Waals surface area (Å²) in [6.07, 6.45) is 0. The second-order valence-electron chi connectivity index (χ2n) is 0.750. The van der Waals surface area contributed by atoms with Crippen LogP contribution in [-0.4, -0.2) is 39.7 Å². The molecule has 1 nitrogen and oxygen atoms in total. The number of rotatable bonds is 0. The SMILES string of the molecule is C1CN1.[PoH2]. The summed E-state index contributed by atoms with van der Waals surface area (Å²) in [6, 6.07) is 0. The normalized spacial score (nSPS) is 18.0. The van der Waals surface area contributed by atoms with E-state index in [-0.39, 0.29) is 26.6 Å². The first-order chi connectivity index (χ1) is 1.50. The topological polar surface area (TPSA) is 21.9 Å². The average molecular weight is 254 g/mol. The number of hydrogen-bond donors (Lipinski definition) is 1. The van der Waals surface area contributed by atoms with Crippen LogP contribution in [0.2, 0.25) is 0 Å². The van der Waals surface area contributed by atoms with Gasteiger partial charge in [0.2, 0.25) is 0 Å². The van der Waals surface area contributed by atoms with E-state index < -0.39 is 0 Å². The predicted octanol–water partition coefficient (Wildman–Crippen LogP) is -1.33. The van der Waals surface area contributed by atoms with E-state index in [1.807, 2.05) is 0 Å². The van der Waals surface area contributed by atoms with Crippen molar-refractivity contribution in [3.05, 3.63) is 0 Å². The molecule has 1 N–H and O–H groups in total. The molecular weight excluding hydrogens is 247 g/mol. The van der Waals surface area contributed by atoms with Crippen molar-refractivity contribution in [3.63, 3.8) is 0 Å². The van der Waals surface area contributed by atoms with Crippen LogP contribution in [0.4, 0.5) is 0 Å². The molecule has 0 atom stereocenters. The molecule has 0 unspecified atom stereocenters. The van der Waals surface area contributed by atoms with E-state index >= 15 is 0 Å². The molecule has 0 aromatic carbocycles. The zero-order valence-corrected chi connectivity index (χ0v) is 6.30. The summed E-state index contributed by atoms with van der Waals surface area (Å²) in [5.74, 6) is 0. The molecule has 1 aliphatic rings. The quantitative estimate of drug-likeness (QED) is 0.532. The average Bonchev–Trinajstić information content (AvgIpc) is 1.46. The molecule has 0 aliphatic carbocycles. The van der Waals surface area contributed by atoms with E-state index in [0.29, 0.717) is 0 Å². The molecule has 0 spiro atoms. The molecular formula is C2H7NPo. The van der Waals surface area contributed by atoms with E-state index in [1.54, 1.807) is 0 Å². The van der Waals surface area contributed by atoms with Crippen molar-refractivity contribution < 1.29 is 0 Å². The first-order valence-corrected chi connectivity index (χ1v) is 1.21. The Morgan fingerprint density at radius 2 is 1.50 bits per heavy atom. The summed E-state index contributed by atoms with van der Waals surface area (Å²) in [7, 11) is 0. The van der Waals surface area contributed by atoms with Gasteiger partial charge < -0.3 is 5.32 Å². The summed E-state index contributed by atoms with van der Waals surface area (Å²) in [5.41, 5.74) is 0. The Bertz CT molecular complexity index is 10.8. The standard InChI is InChI=1S/C2H5N.Po.2H/c1-2-3-1;;;/h3H,1-2H2;;;. The van der Waals surface area contributed by atoms with Gasteiger partial charge in [0.05, 0.1) is 0 Å². The van der Waals surface area contributed by atoms with Gasteiger partial charge in [-0.1, -0.05) is 0 Å². The molecule has 0 amide bonds. The monoisotopic (exact) mass is 254 g/mol. The molecule has 1 fully saturated rings. The Morgan fingerprint density at radius 3 is 1.50 bits per heavy atom. The van der Waals surface area contributed by atoms with Gasteiger partial charge in [0.1, 0.15) is 0 Å². The van der Waals surface area contributed by atoms with Gasteiger partial charge in [-0.3, -0.25) is 0 Å². The van der Waals surface area contributed by atoms with E-state index in [4.69, 9.17) is 0 Å². The molecule has 2 heteroatoms. The molecule has 0 radical (unpaired) electrons. The van der Waals surface area contributed by atoms with Gasteiger partial charge in [0, 0.05) is 13.1 Å². The molecule has 4 heavy (non-hydrogen) atoms. The van der Waals surface area contributed by atoms with Crippen LogP contribution in [0.25, 0.3) is 0 Å². The van der Waals surface area contributed by atoms with Gasteiger partial charge in [-0.05, 0) is 0 Å². The number of nitrogens with one attached hydrogen (secondary N) is 1. The van der Waals surface area contributed by atoms with Crippen molar-refractivity contribution in [2.75, 3.05) is 13.1 Å². The van der Waals surface area contributed by atoms with Gasteiger partial charge in [-0.25, -0.2) is 0 Å². The maximum atomic E-state index is 3.00. The fourth-order valence-electron chi connectivity index (χ4n) is 0. The van der Waals surface area contributed by atoms with E-state index in [9.17, 15) is 0 Å². The molecule has 26 valence electrons. The fourth-order valence-corrected chi connectivity index (χ4v) is 0. The second kappa shape index (κ2) is 2.12. The van der Waals surface area contributed by atoms with Crippen LogP contribution in [-0.2, 0) is 0 Å². The van der Waals surface area contributed by atoms with E-state index in [2.05, 4.69) is 5.32 Å². The maximum absolute atomic E-state index is 3.00. The first-order valence-electron chi connectivity index (χ1n) is 1.21. The summed E-state index contributed by atoms with van der Waals surface area (Å²) in [5, 5.41) is 3.00. The Morgan fingerprint density at radius 1 is 1.25 bits per heavy atom. The predicted molar refractivity (Wildman–Crippen MR) is 21.4 cm³/mol. The molecule has 0 aromatic rings. The molecule has 1 saturated heterocycles. The summed E-state index contributed by atoms with van der Waals surface area (Å²) in [6.45, 7) is 2.50. The van der Waals surface area contributed by atoms with Crippen molar-refractivity contribution in [1.29, 1.82) is 0 Å². The molecule has 0 bridgehead atoms. The minimum absolute atomic E-state index is 0. The van der Waals surface area contributed by atoms with Gasteiger partial charge in [0.15, 0.2) is 0 Å². The zero-order chi connectivity index (χ0) is 2.12. The summed E-state index contributed by atoms with van der Waals surface area (Å²) in [4.78, 5) is 0. The van der Waals surface area contributed by atoms with Crippen molar-refractivity contribution in [2.24, 2.45) is 0 Å². The van der Waals surface area contributed by atoms with Crippen molar-refractivity contribution >= 4 is 26.6 Å². The molecule has 1 heterocycles. The minimum atomic E-state index is 0. The Labute approximate surface area is 45.2 Å². The van der Waals surface area contributed by atoms with Gasteiger partial charge in [0.25, 0.3) is 0 Å². The van der Waals surface area contributed by atoms with Crippen molar-refractivity contribution in [3.8, 4) is 0 Å². The van der Waals surface area contributed by atoms with Crippen LogP contribution in [0, 0.1) is 0 Å². The Kier molecular flexibility index (Phi) is 2.57. The van der Waals surface area contributed by atoms with Crippen LogP contribution in [0.5, 0.6) is 0 Å². The van der Waals surface area contributed by atoms with Crippen LogP contribution in [0.1, 0.15) is 0 Å². The third kappa shape index (κ3) is 2.86. The van der Waals surface area contributed by atoms with E-state index in [1.165, 1.54) is 13.1 Å². The Hall–Kier alpha value is 0.856. The van der Waals surface area contributed by atoms with Gasteiger partial charge in [-0.2, -0.15) is 0 Å². The second-order valence-corrected chi connectivity index (χ2v) is 0.750. The third-order valence-electron chi connectivity index (χ3n) is 0.250. The molecule has 1 aliphatic heterocycles. The van der Waals surface area contributed by atoms with Crippen molar-refractivity contribution in [1.82, 2.24) is 5.32 Å². The summed E-state index contributed by atoms with van der Waals surface area (Å²) < 4.78 is 0. The first kappa shape index (κ1) is 4.86. The zero-order valence-electron chi connectivity index (χ0n) is 2.41. The van der Waals surface area contributed by atoms with Crippen LogP contribution in [0.3, 0.4) is 0 Å². The molecule has 1 rings (SSSR count). The fraction of sp³-hybridized carbons (Fsp3) is 1.00. The third-order valence-corrected chi connectivity index (χ3v) is 0.250. The number of hydrogen-bond acceptors (Lipinski definition) is 1. The Balaban J connectivity index is 0.0000000900. The van der Waals surface area contributed by atoms with Crippen LogP contribution >= 0.6 is 0 Å². The summed E-state index contributed by atoms with van der Waals surface area (Å²) >= 11 is 0. The molecule has 0 saturated carbocycles.